The molecule has 2 aromatic rings. The normalized spacial score (nSPS) is 12.0. The molecule has 3 heteroatoms. The Morgan fingerprint density at radius 2 is 1.54 bits per heavy atom. The molecule has 0 amide bonds. The van der Waals surface area contributed by atoms with E-state index in [1.165, 1.54) is 51.8 Å². The van der Waals surface area contributed by atoms with Crippen molar-refractivity contribution in [3.63, 3.8) is 0 Å². The van der Waals surface area contributed by atoms with Gasteiger partial charge in [0.05, 0.1) is 0 Å². The number of aromatic amines is 1. The zero-order valence-corrected chi connectivity index (χ0v) is 18.5. The maximum atomic E-state index is 11.4. The van der Waals surface area contributed by atoms with Crippen LogP contribution in [0.3, 0.4) is 0 Å². The minimum atomic E-state index is -2.39. The van der Waals surface area contributed by atoms with Crippen LogP contribution in [-0.2, 0) is 0 Å². The van der Waals surface area contributed by atoms with Gasteiger partial charge in [-0.05, 0) is 0 Å². The van der Waals surface area contributed by atoms with Gasteiger partial charge in [-0.2, -0.15) is 0 Å². The molecular weight excluding hydrogens is 401 g/mol. The van der Waals surface area contributed by atoms with Crippen LogP contribution in [0.15, 0.2) is 24.4 Å². The zero-order chi connectivity index (χ0) is 17.4. The van der Waals surface area contributed by atoms with E-state index in [0.29, 0.717) is 0 Å². The Bertz CT molecular complexity index is 625. The molecule has 0 aliphatic heterocycles. The van der Waals surface area contributed by atoms with Gasteiger partial charge in [0.1, 0.15) is 0 Å². The number of hydrogen-bond donors (Lipinski definition) is 1. The first-order valence-corrected chi connectivity index (χ1v) is 17.3. The van der Waals surface area contributed by atoms with Crippen LogP contribution in [0.25, 0.3) is 10.9 Å². The first-order chi connectivity index (χ1) is 11.7. The van der Waals surface area contributed by atoms with Gasteiger partial charge in [-0.3, -0.25) is 0 Å². The van der Waals surface area contributed by atoms with Crippen LogP contribution >= 0.6 is 0 Å². The van der Waals surface area contributed by atoms with E-state index in [1.807, 2.05) is 6.20 Å². The SMILES string of the molecule is CCC[CH2][Sn]([CH2]CCC)([CH2]CCC)[c]1ccc2[nH]cc(C=O)c2c1. The van der Waals surface area contributed by atoms with Gasteiger partial charge >= 0.3 is 151 Å². The summed E-state index contributed by atoms with van der Waals surface area (Å²) in [4.78, 5) is 14.6. The Hall–Kier alpha value is -0.771. The molecule has 1 aromatic heterocycles. The molecule has 0 unspecified atom stereocenters. The van der Waals surface area contributed by atoms with Gasteiger partial charge in [0.15, 0.2) is 0 Å². The van der Waals surface area contributed by atoms with E-state index in [2.05, 4.69) is 44.0 Å². The van der Waals surface area contributed by atoms with Crippen LogP contribution in [-0.4, -0.2) is 29.6 Å². The summed E-state index contributed by atoms with van der Waals surface area (Å²) >= 11 is -2.39. The number of aromatic nitrogens is 1. The standard InChI is InChI=1S/C9H6NO.3C4H9.Sn/c11-6-7-5-10-9-4-2-1-3-8(7)9;3*1-3-4-2;/h2-6,10H;3*1,3-4H2,2H3;. The average Bonchev–Trinajstić information content (AvgIpc) is 3.04. The molecule has 0 fully saturated rings. The van der Waals surface area contributed by atoms with E-state index in [4.69, 9.17) is 0 Å². The van der Waals surface area contributed by atoms with Gasteiger partial charge in [0, 0.05) is 0 Å². The second-order valence-electron chi connectivity index (χ2n) is 7.21. The molecule has 24 heavy (non-hydrogen) atoms. The first kappa shape index (κ1) is 19.6. The summed E-state index contributed by atoms with van der Waals surface area (Å²) < 4.78 is 6.06. The third-order valence-corrected chi connectivity index (χ3v) is 21.1. The van der Waals surface area contributed by atoms with Gasteiger partial charge in [-0.25, -0.2) is 0 Å². The zero-order valence-electron chi connectivity index (χ0n) is 15.7. The van der Waals surface area contributed by atoms with Gasteiger partial charge < -0.3 is 0 Å². The number of nitrogens with one attached hydrogen (secondary N) is 1. The number of hydrogen-bond acceptors (Lipinski definition) is 1. The van der Waals surface area contributed by atoms with E-state index in [9.17, 15) is 4.79 Å². The van der Waals surface area contributed by atoms with Crippen molar-refractivity contribution in [2.45, 2.75) is 72.6 Å². The van der Waals surface area contributed by atoms with Crippen molar-refractivity contribution < 1.29 is 4.79 Å². The van der Waals surface area contributed by atoms with Crippen LogP contribution in [0.4, 0.5) is 0 Å². The van der Waals surface area contributed by atoms with Crippen LogP contribution < -0.4 is 3.58 Å². The van der Waals surface area contributed by atoms with Crippen molar-refractivity contribution >= 4 is 39.1 Å². The van der Waals surface area contributed by atoms with Crippen molar-refractivity contribution in [3.05, 3.63) is 30.0 Å². The second-order valence-corrected chi connectivity index (χ2v) is 20.5. The summed E-state index contributed by atoms with van der Waals surface area (Å²) in [5, 5.41) is 1.13. The van der Waals surface area contributed by atoms with Crippen molar-refractivity contribution in [1.29, 1.82) is 0 Å². The molecule has 2 nitrogen and oxygen atoms in total. The number of benzene rings is 1. The Morgan fingerprint density at radius 3 is 2.04 bits per heavy atom. The number of rotatable bonds is 11. The summed E-state index contributed by atoms with van der Waals surface area (Å²) in [7, 11) is 0. The number of carbonyl (C=O) groups is 1. The van der Waals surface area contributed by atoms with E-state index >= 15 is 0 Å². The number of unbranched alkanes of at least 4 members (excludes halogenated alkanes) is 3. The van der Waals surface area contributed by atoms with Crippen LogP contribution in [0.5, 0.6) is 0 Å². The number of aldehydes is 1. The van der Waals surface area contributed by atoms with Gasteiger partial charge in [0.25, 0.3) is 0 Å². The summed E-state index contributed by atoms with van der Waals surface area (Å²) in [5.41, 5.74) is 1.91. The quantitative estimate of drug-likeness (QED) is 0.340. The van der Waals surface area contributed by atoms with Crippen molar-refractivity contribution in [3.8, 4) is 0 Å². The molecule has 0 radical (unpaired) electrons. The van der Waals surface area contributed by atoms with Crippen molar-refractivity contribution in [1.82, 2.24) is 4.98 Å². The molecule has 1 aromatic carbocycles. The number of fused-ring (bicyclic) bond motifs is 1. The van der Waals surface area contributed by atoms with E-state index in [0.717, 1.165) is 22.8 Å². The Kier molecular flexibility index (Phi) is 7.86. The fraction of sp³-hybridized carbons (Fsp3) is 0.571. The third-order valence-electron chi connectivity index (χ3n) is 5.48. The van der Waals surface area contributed by atoms with Gasteiger partial charge in [-0.1, -0.05) is 0 Å². The van der Waals surface area contributed by atoms with Crippen LogP contribution in [0.1, 0.15) is 69.7 Å². The molecule has 0 bridgehead atoms. The molecular formula is C21H33NOSn. The predicted octanol–water partition coefficient (Wildman–Crippen LogP) is 6.04. The topological polar surface area (TPSA) is 32.9 Å². The molecule has 0 saturated carbocycles. The van der Waals surface area contributed by atoms with Crippen molar-refractivity contribution in [2.24, 2.45) is 0 Å². The average molecular weight is 434 g/mol. The summed E-state index contributed by atoms with van der Waals surface area (Å²) in [5.74, 6) is 0. The molecule has 0 saturated heterocycles. The number of carbonyl (C=O) groups excluding carboxylic acids is 1. The molecule has 0 spiro atoms. The molecule has 1 N–H and O–H groups in total. The van der Waals surface area contributed by atoms with Gasteiger partial charge in [0.2, 0.25) is 0 Å². The molecule has 132 valence electrons. The van der Waals surface area contributed by atoms with Crippen molar-refractivity contribution in [2.75, 3.05) is 0 Å². The summed E-state index contributed by atoms with van der Waals surface area (Å²) in [6.07, 6.45) is 10.8. The molecule has 1 heterocycles. The summed E-state index contributed by atoms with van der Waals surface area (Å²) in [6, 6.07) is 6.99. The first-order valence-electron chi connectivity index (χ1n) is 9.77. The number of H-pyrrole nitrogens is 1. The van der Waals surface area contributed by atoms with E-state index in [1.54, 1.807) is 3.58 Å². The predicted molar refractivity (Wildman–Crippen MR) is 108 cm³/mol. The van der Waals surface area contributed by atoms with Crippen LogP contribution in [0.2, 0.25) is 13.3 Å². The summed E-state index contributed by atoms with van der Waals surface area (Å²) in [6.45, 7) is 6.95. The Labute approximate surface area is 151 Å². The third kappa shape index (κ3) is 4.44. The van der Waals surface area contributed by atoms with E-state index in [-0.39, 0.29) is 0 Å². The minimum absolute atomic E-state index is 0.813. The van der Waals surface area contributed by atoms with Gasteiger partial charge in [-0.15, -0.1) is 0 Å². The fourth-order valence-corrected chi connectivity index (χ4v) is 19.9. The fourth-order valence-electron chi connectivity index (χ4n) is 3.92. The van der Waals surface area contributed by atoms with E-state index < -0.39 is 18.4 Å². The molecule has 0 atom stereocenters. The molecule has 0 aliphatic rings. The molecule has 2 rings (SSSR count). The Morgan fingerprint density at radius 1 is 0.958 bits per heavy atom. The monoisotopic (exact) mass is 435 g/mol. The maximum absolute atomic E-state index is 11.4. The molecule has 0 aliphatic carbocycles. The second kappa shape index (κ2) is 9.64. The van der Waals surface area contributed by atoms with Crippen LogP contribution in [0, 0.1) is 0 Å². The Balaban J connectivity index is 2.47.